The molecule has 1 aliphatic rings. The Morgan fingerprint density at radius 3 is 2.55 bits per heavy atom. The summed E-state index contributed by atoms with van der Waals surface area (Å²) in [6.45, 7) is 6.97. The van der Waals surface area contributed by atoms with E-state index in [0.29, 0.717) is 7.92 Å². The lowest BCUT2D eigenvalue weighted by Crippen LogP contribution is -2.33. The average molecular weight is 170 g/mol. The first kappa shape index (κ1) is 9.26. The highest BCUT2D eigenvalue weighted by atomic mass is 31.1. The summed E-state index contributed by atoms with van der Waals surface area (Å²) in [5, 5.41) is 0. The zero-order chi connectivity index (χ0) is 8.32. The molecule has 64 valence electrons. The van der Waals surface area contributed by atoms with Crippen LogP contribution in [0.4, 0.5) is 0 Å². The zero-order valence-corrected chi connectivity index (χ0v) is 8.82. The monoisotopic (exact) mass is 170 g/mol. The van der Waals surface area contributed by atoms with Crippen molar-refractivity contribution in [3.05, 3.63) is 12.2 Å². The quantitative estimate of drug-likeness (QED) is 0.449. The SMILES string of the molecule is C/C=C/CCC1(C)CP(C)C1. The molecule has 0 aromatic carbocycles. The summed E-state index contributed by atoms with van der Waals surface area (Å²) >= 11 is 0. The molecule has 0 unspecified atom stereocenters. The van der Waals surface area contributed by atoms with Crippen LogP contribution in [-0.2, 0) is 0 Å². The van der Waals surface area contributed by atoms with Gasteiger partial charge < -0.3 is 0 Å². The van der Waals surface area contributed by atoms with Crippen LogP contribution >= 0.6 is 7.92 Å². The van der Waals surface area contributed by atoms with Crippen molar-refractivity contribution < 1.29 is 0 Å². The Kier molecular flexibility index (Phi) is 3.13. The largest absolute Gasteiger partial charge is 0.109 e. The molecule has 0 bridgehead atoms. The van der Waals surface area contributed by atoms with Crippen LogP contribution in [0, 0.1) is 5.41 Å². The Morgan fingerprint density at radius 1 is 1.45 bits per heavy atom. The van der Waals surface area contributed by atoms with Crippen molar-refractivity contribution in [1.82, 2.24) is 0 Å². The summed E-state index contributed by atoms with van der Waals surface area (Å²) in [6, 6.07) is 0. The van der Waals surface area contributed by atoms with E-state index in [1.54, 1.807) is 0 Å². The predicted octanol–water partition coefficient (Wildman–Crippen LogP) is 3.47. The number of hydrogen-bond acceptors (Lipinski definition) is 0. The van der Waals surface area contributed by atoms with Crippen molar-refractivity contribution in [3.63, 3.8) is 0 Å². The fourth-order valence-electron chi connectivity index (χ4n) is 2.01. The molecule has 11 heavy (non-hydrogen) atoms. The van der Waals surface area contributed by atoms with Crippen LogP contribution in [0.3, 0.4) is 0 Å². The number of allylic oxidation sites excluding steroid dienone is 2. The Balaban J connectivity index is 2.16. The number of rotatable bonds is 3. The topological polar surface area (TPSA) is 0 Å². The summed E-state index contributed by atoms with van der Waals surface area (Å²) in [5.41, 5.74) is 0.722. The molecule has 1 aliphatic heterocycles. The molecular formula is C10H19P. The second-order valence-corrected chi connectivity index (χ2v) is 6.44. The average Bonchev–Trinajstić information content (AvgIpc) is 1.85. The van der Waals surface area contributed by atoms with Crippen LogP contribution in [0.2, 0.25) is 0 Å². The van der Waals surface area contributed by atoms with Gasteiger partial charge in [-0.3, -0.25) is 0 Å². The molecule has 1 rings (SSSR count). The first-order chi connectivity index (χ1) is 5.16. The first-order valence-corrected chi connectivity index (χ1v) is 6.62. The third kappa shape index (κ3) is 2.60. The fraction of sp³-hybridized carbons (Fsp3) is 0.800. The summed E-state index contributed by atoms with van der Waals surface area (Å²) in [7, 11) is 0.449. The molecule has 0 aliphatic carbocycles. The van der Waals surface area contributed by atoms with Crippen LogP contribution in [0.1, 0.15) is 26.7 Å². The first-order valence-electron chi connectivity index (χ1n) is 4.46. The molecule has 0 aromatic heterocycles. The van der Waals surface area contributed by atoms with E-state index in [-0.39, 0.29) is 0 Å². The molecule has 1 heterocycles. The van der Waals surface area contributed by atoms with Crippen LogP contribution in [0.15, 0.2) is 12.2 Å². The van der Waals surface area contributed by atoms with Crippen molar-refractivity contribution in [2.75, 3.05) is 19.0 Å². The van der Waals surface area contributed by atoms with E-state index in [4.69, 9.17) is 0 Å². The maximum Gasteiger partial charge on any atom is -0.0245 e. The third-order valence-electron chi connectivity index (χ3n) is 2.45. The van der Waals surface area contributed by atoms with E-state index in [0.717, 1.165) is 5.41 Å². The highest BCUT2D eigenvalue weighted by molar-refractivity contribution is 7.58. The molecule has 0 radical (unpaired) electrons. The molecular weight excluding hydrogens is 151 g/mol. The zero-order valence-electron chi connectivity index (χ0n) is 7.93. The minimum Gasteiger partial charge on any atom is -0.109 e. The molecule has 0 amide bonds. The molecule has 0 saturated carbocycles. The highest BCUT2D eigenvalue weighted by Crippen LogP contribution is 2.55. The smallest absolute Gasteiger partial charge is 0.0245 e. The van der Waals surface area contributed by atoms with Crippen molar-refractivity contribution in [3.8, 4) is 0 Å². The van der Waals surface area contributed by atoms with Gasteiger partial charge in [-0.1, -0.05) is 19.1 Å². The number of hydrogen-bond donors (Lipinski definition) is 0. The summed E-state index contributed by atoms with van der Waals surface area (Å²) in [6.07, 6.45) is 10.2. The van der Waals surface area contributed by atoms with E-state index < -0.39 is 0 Å². The summed E-state index contributed by atoms with van der Waals surface area (Å²) < 4.78 is 0. The van der Waals surface area contributed by atoms with Gasteiger partial charge in [0.1, 0.15) is 0 Å². The van der Waals surface area contributed by atoms with Gasteiger partial charge in [-0.15, -0.1) is 7.92 Å². The fourth-order valence-corrected chi connectivity index (χ4v) is 4.84. The van der Waals surface area contributed by atoms with Crippen molar-refractivity contribution in [1.29, 1.82) is 0 Å². The Morgan fingerprint density at radius 2 is 2.09 bits per heavy atom. The maximum atomic E-state index is 2.44. The summed E-state index contributed by atoms with van der Waals surface area (Å²) in [5.74, 6) is 0. The minimum absolute atomic E-state index is 0.449. The van der Waals surface area contributed by atoms with Crippen molar-refractivity contribution in [2.24, 2.45) is 5.41 Å². The van der Waals surface area contributed by atoms with Gasteiger partial charge in [0.2, 0.25) is 0 Å². The van der Waals surface area contributed by atoms with E-state index in [2.05, 4.69) is 32.7 Å². The van der Waals surface area contributed by atoms with Gasteiger partial charge in [0.25, 0.3) is 0 Å². The van der Waals surface area contributed by atoms with E-state index in [1.165, 1.54) is 25.2 Å². The molecule has 1 fully saturated rings. The van der Waals surface area contributed by atoms with Crippen LogP contribution in [0.5, 0.6) is 0 Å². The van der Waals surface area contributed by atoms with Gasteiger partial charge in [-0.25, -0.2) is 0 Å². The molecule has 0 atom stereocenters. The lowest BCUT2D eigenvalue weighted by atomic mass is 9.89. The second-order valence-electron chi connectivity index (χ2n) is 4.09. The van der Waals surface area contributed by atoms with Gasteiger partial charge in [0, 0.05) is 0 Å². The Bertz CT molecular complexity index is 143. The van der Waals surface area contributed by atoms with Crippen LogP contribution in [-0.4, -0.2) is 19.0 Å². The molecule has 0 N–H and O–H groups in total. The lowest BCUT2D eigenvalue weighted by molar-refractivity contribution is 0.366. The van der Waals surface area contributed by atoms with Gasteiger partial charge >= 0.3 is 0 Å². The van der Waals surface area contributed by atoms with Crippen molar-refractivity contribution in [2.45, 2.75) is 26.7 Å². The Labute approximate surface area is 71.8 Å². The van der Waals surface area contributed by atoms with Crippen molar-refractivity contribution >= 4 is 7.92 Å². The Hall–Kier alpha value is 0.170. The van der Waals surface area contributed by atoms with Crippen LogP contribution < -0.4 is 0 Å². The van der Waals surface area contributed by atoms with Gasteiger partial charge in [0.15, 0.2) is 0 Å². The highest BCUT2D eigenvalue weighted by Gasteiger charge is 2.36. The minimum atomic E-state index is 0.449. The molecule has 1 saturated heterocycles. The summed E-state index contributed by atoms with van der Waals surface area (Å²) in [4.78, 5) is 0. The maximum absolute atomic E-state index is 2.44. The van der Waals surface area contributed by atoms with Gasteiger partial charge in [0.05, 0.1) is 0 Å². The molecule has 0 nitrogen and oxygen atoms in total. The lowest BCUT2D eigenvalue weighted by Gasteiger charge is -2.44. The van der Waals surface area contributed by atoms with E-state index >= 15 is 0 Å². The van der Waals surface area contributed by atoms with Gasteiger partial charge in [-0.05, 0) is 44.2 Å². The van der Waals surface area contributed by atoms with E-state index in [9.17, 15) is 0 Å². The molecule has 0 aromatic rings. The standard InChI is InChI=1S/C10H19P/c1-4-5-6-7-10(2)8-11(3)9-10/h4-5H,6-9H2,1-3H3/b5-4+. The molecule has 0 spiro atoms. The predicted molar refractivity (Wildman–Crippen MR) is 54.7 cm³/mol. The van der Waals surface area contributed by atoms with E-state index in [1.807, 2.05) is 0 Å². The second kappa shape index (κ2) is 3.72. The van der Waals surface area contributed by atoms with Gasteiger partial charge in [-0.2, -0.15) is 0 Å². The van der Waals surface area contributed by atoms with Crippen LogP contribution in [0.25, 0.3) is 0 Å². The normalized spacial score (nSPS) is 37.5. The third-order valence-corrected chi connectivity index (χ3v) is 5.06. The molecule has 1 heteroatoms.